The molecule has 2 N–H and O–H groups in total. The molecule has 1 aromatic heterocycles. The van der Waals surface area contributed by atoms with E-state index in [9.17, 15) is 4.79 Å². The summed E-state index contributed by atoms with van der Waals surface area (Å²) < 4.78 is 1.77. The van der Waals surface area contributed by atoms with Crippen molar-refractivity contribution in [2.45, 2.75) is 19.6 Å². The van der Waals surface area contributed by atoms with Gasteiger partial charge in [-0.3, -0.25) is 4.79 Å². The van der Waals surface area contributed by atoms with E-state index in [-0.39, 0.29) is 11.0 Å². The highest BCUT2D eigenvalue weighted by Crippen LogP contribution is 2.29. The van der Waals surface area contributed by atoms with Gasteiger partial charge in [0.1, 0.15) is 5.82 Å². The summed E-state index contributed by atoms with van der Waals surface area (Å²) in [6, 6.07) is 16.9. The second-order valence-corrected chi connectivity index (χ2v) is 7.78. The minimum atomic E-state index is -0.913. The Balaban J connectivity index is 1.71. The Labute approximate surface area is 190 Å². The number of thiocarbonyl (C=S) groups is 1. The van der Waals surface area contributed by atoms with Crippen LogP contribution in [0.2, 0.25) is 5.02 Å². The topological polar surface area (TPSA) is 74.6 Å². The van der Waals surface area contributed by atoms with Crippen molar-refractivity contribution in [1.82, 2.24) is 15.1 Å². The predicted octanol–water partition coefficient (Wildman–Crippen LogP) is 3.68. The number of halogens is 1. The van der Waals surface area contributed by atoms with Crippen molar-refractivity contribution in [1.29, 1.82) is 0 Å². The number of carbonyl (C=O) groups is 1. The number of aromatic nitrogens is 2. The van der Waals surface area contributed by atoms with Gasteiger partial charge in [-0.1, -0.05) is 41.9 Å². The number of likely N-dealkylation sites (N-methyl/N-ethyl adjacent to an activating group) is 1. The zero-order valence-corrected chi connectivity index (χ0v) is 18.6. The van der Waals surface area contributed by atoms with Gasteiger partial charge in [0.25, 0.3) is 5.91 Å². The standard InChI is InChI=1S/C22H21ClN6OS/c1-3-29-18(11-12-24-29)25-22(31)27-20-21(30)28(2)17-10-9-15(23)13-16(17)19(26-20)14-7-5-4-6-8-14/h4-13,20H,3H2,1-2H3,(H2,25,27,31). The number of benzene rings is 2. The molecule has 158 valence electrons. The second-order valence-electron chi connectivity index (χ2n) is 6.94. The molecule has 0 aliphatic carbocycles. The van der Waals surface area contributed by atoms with Crippen LogP contribution in [0.25, 0.3) is 0 Å². The van der Waals surface area contributed by atoms with E-state index in [0.29, 0.717) is 17.3 Å². The molecule has 31 heavy (non-hydrogen) atoms. The average molecular weight is 453 g/mol. The molecule has 3 aromatic rings. The molecule has 1 amide bonds. The van der Waals surface area contributed by atoms with E-state index in [1.54, 1.807) is 28.9 Å². The molecular weight excluding hydrogens is 432 g/mol. The van der Waals surface area contributed by atoms with E-state index >= 15 is 0 Å². The number of nitrogens with one attached hydrogen (secondary N) is 2. The minimum Gasteiger partial charge on any atom is -0.333 e. The summed E-state index contributed by atoms with van der Waals surface area (Å²) in [5.41, 5.74) is 3.05. The highest BCUT2D eigenvalue weighted by atomic mass is 35.5. The number of anilines is 2. The second kappa shape index (κ2) is 8.87. The monoisotopic (exact) mass is 452 g/mol. The summed E-state index contributed by atoms with van der Waals surface area (Å²) in [5.74, 6) is 0.499. The number of carbonyl (C=O) groups excluding carboxylic acids is 1. The molecule has 0 radical (unpaired) electrons. The fourth-order valence-electron chi connectivity index (χ4n) is 3.43. The van der Waals surface area contributed by atoms with Crippen LogP contribution in [0.5, 0.6) is 0 Å². The number of aliphatic imine (C=N–C) groups is 1. The number of benzodiazepines with no additional fused rings is 1. The van der Waals surface area contributed by atoms with Gasteiger partial charge in [-0.05, 0) is 37.3 Å². The minimum absolute atomic E-state index is 0.234. The third-order valence-electron chi connectivity index (χ3n) is 4.97. The first-order chi connectivity index (χ1) is 15.0. The SMILES string of the molecule is CCn1nccc1NC(=S)NC1N=C(c2ccccc2)c2cc(Cl)ccc2N(C)C1=O. The van der Waals surface area contributed by atoms with Gasteiger partial charge in [-0.2, -0.15) is 5.10 Å². The molecule has 1 aliphatic rings. The predicted molar refractivity (Wildman–Crippen MR) is 128 cm³/mol. The highest BCUT2D eigenvalue weighted by Gasteiger charge is 2.30. The largest absolute Gasteiger partial charge is 0.333 e. The first-order valence-electron chi connectivity index (χ1n) is 9.78. The molecule has 2 heterocycles. The van der Waals surface area contributed by atoms with Crippen molar-refractivity contribution in [3.63, 3.8) is 0 Å². The lowest BCUT2D eigenvalue weighted by Crippen LogP contribution is -2.47. The van der Waals surface area contributed by atoms with Crippen molar-refractivity contribution in [2.24, 2.45) is 4.99 Å². The van der Waals surface area contributed by atoms with Crippen molar-refractivity contribution in [2.75, 3.05) is 17.3 Å². The lowest BCUT2D eigenvalue weighted by Gasteiger charge is -2.22. The Kier molecular flexibility index (Phi) is 6.01. The Morgan fingerprint density at radius 1 is 1.19 bits per heavy atom. The Bertz CT molecular complexity index is 1160. The molecule has 2 aromatic carbocycles. The Hall–Kier alpha value is -3.23. The van der Waals surface area contributed by atoms with E-state index in [0.717, 1.165) is 22.6 Å². The fraction of sp³-hybridized carbons (Fsp3) is 0.182. The van der Waals surface area contributed by atoms with Crippen molar-refractivity contribution >= 4 is 52.1 Å². The molecule has 0 bridgehead atoms. The van der Waals surface area contributed by atoms with E-state index in [4.69, 9.17) is 28.8 Å². The average Bonchev–Trinajstić information content (AvgIpc) is 3.19. The maximum Gasteiger partial charge on any atom is 0.272 e. The van der Waals surface area contributed by atoms with Crippen LogP contribution in [0.3, 0.4) is 0 Å². The maximum atomic E-state index is 13.2. The van der Waals surface area contributed by atoms with Gasteiger partial charge in [0.2, 0.25) is 6.17 Å². The van der Waals surface area contributed by atoms with Crippen molar-refractivity contribution < 1.29 is 4.79 Å². The lowest BCUT2D eigenvalue weighted by atomic mass is 10.0. The van der Waals surface area contributed by atoms with Crippen LogP contribution in [-0.2, 0) is 11.3 Å². The van der Waals surface area contributed by atoms with E-state index in [1.807, 2.05) is 55.5 Å². The van der Waals surface area contributed by atoms with Crippen molar-refractivity contribution in [3.05, 3.63) is 76.9 Å². The Morgan fingerprint density at radius 3 is 2.71 bits per heavy atom. The zero-order chi connectivity index (χ0) is 22.0. The van der Waals surface area contributed by atoms with Gasteiger partial charge in [-0.25, -0.2) is 9.67 Å². The highest BCUT2D eigenvalue weighted by molar-refractivity contribution is 7.80. The number of hydrogen-bond donors (Lipinski definition) is 2. The molecule has 1 aliphatic heterocycles. The van der Waals surface area contributed by atoms with Gasteiger partial charge in [-0.15, -0.1) is 0 Å². The molecule has 1 unspecified atom stereocenters. The summed E-state index contributed by atoms with van der Waals surface area (Å²) in [4.78, 5) is 19.6. The molecule has 9 heteroatoms. The van der Waals surface area contributed by atoms with E-state index < -0.39 is 6.17 Å². The van der Waals surface area contributed by atoms with Crippen LogP contribution in [0.1, 0.15) is 18.1 Å². The maximum absolute atomic E-state index is 13.2. The quantitative estimate of drug-likeness (QED) is 0.590. The summed E-state index contributed by atoms with van der Waals surface area (Å²) in [7, 11) is 1.72. The van der Waals surface area contributed by atoms with Gasteiger partial charge in [0.05, 0.1) is 17.6 Å². The zero-order valence-electron chi connectivity index (χ0n) is 17.0. The molecule has 0 fully saturated rings. The number of nitrogens with zero attached hydrogens (tertiary/aromatic N) is 4. The number of aryl methyl sites for hydroxylation is 1. The molecule has 7 nitrogen and oxygen atoms in total. The van der Waals surface area contributed by atoms with Gasteiger partial charge in [0.15, 0.2) is 5.11 Å². The summed E-state index contributed by atoms with van der Waals surface area (Å²) in [6.45, 7) is 2.67. The van der Waals surface area contributed by atoms with Crippen LogP contribution in [0, 0.1) is 0 Å². The third-order valence-corrected chi connectivity index (χ3v) is 5.43. The van der Waals surface area contributed by atoms with Crippen LogP contribution in [0.4, 0.5) is 11.5 Å². The normalized spacial score (nSPS) is 15.7. The summed E-state index contributed by atoms with van der Waals surface area (Å²) in [5, 5.41) is 11.2. The van der Waals surface area contributed by atoms with Crippen molar-refractivity contribution in [3.8, 4) is 0 Å². The van der Waals surface area contributed by atoms with Crippen LogP contribution >= 0.6 is 23.8 Å². The van der Waals surface area contributed by atoms with E-state index in [2.05, 4.69) is 15.7 Å². The molecule has 0 saturated carbocycles. The molecule has 4 rings (SSSR count). The smallest absolute Gasteiger partial charge is 0.272 e. The van der Waals surface area contributed by atoms with Gasteiger partial charge in [0, 0.05) is 35.8 Å². The number of amides is 1. The lowest BCUT2D eigenvalue weighted by molar-refractivity contribution is -0.119. The first kappa shape index (κ1) is 21.0. The molecule has 0 saturated heterocycles. The van der Waals surface area contributed by atoms with Crippen LogP contribution < -0.4 is 15.5 Å². The first-order valence-corrected chi connectivity index (χ1v) is 10.6. The molecule has 0 spiro atoms. The number of fused-ring (bicyclic) bond motifs is 1. The molecule has 1 atom stereocenters. The summed E-state index contributed by atoms with van der Waals surface area (Å²) in [6.07, 6.45) is 0.773. The molecular formula is C22H21ClN6OS. The van der Waals surface area contributed by atoms with Gasteiger partial charge < -0.3 is 15.5 Å². The Morgan fingerprint density at radius 2 is 1.97 bits per heavy atom. The summed E-state index contributed by atoms with van der Waals surface area (Å²) >= 11 is 11.7. The van der Waals surface area contributed by atoms with Crippen LogP contribution in [-0.4, -0.2) is 39.7 Å². The van der Waals surface area contributed by atoms with E-state index in [1.165, 1.54) is 0 Å². The van der Waals surface area contributed by atoms with Gasteiger partial charge >= 0.3 is 0 Å². The van der Waals surface area contributed by atoms with Crippen LogP contribution in [0.15, 0.2) is 65.8 Å². The number of rotatable bonds is 4. The third kappa shape index (κ3) is 4.30. The number of hydrogen-bond acceptors (Lipinski definition) is 4. The fourth-order valence-corrected chi connectivity index (χ4v) is 3.82.